The lowest BCUT2D eigenvalue weighted by Gasteiger charge is -2.15. The van der Waals surface area contributed by atoms with Gasteiger partial charge in [0.05, 0.1) is 4.92 Å². The van der Waals surface area contributed by atoms with Gasteiger partial charge in [0.2, 0.25) is 10.0 Å². The van der Waals surface area contributed by atoms with Crippen LogP contribution in [0.2, 0.25) is 0 Å². The van der Waals surface area contributed by atoms with E-state index in [0.717, 1.165) is 31.6 Å². The van der Waals surface area contributed by atoms with Gasteiger partial charge in [-0.1, -0.05) is 61.4 Å². The molecule has 10 heteroatoms. The van der Waals surface area contributed by atoms with E-state index >= 15 is 0 Å². The Morgan fingerprint density at radius 3 is 2.41 bits per heavy atom. The molecule has 1 unspecified atom stereocenters. The summed E-state index contributed by atoms with van der Waals surface area (Å²) in [6.07, 6.45) is 2.09. The van der Waals surface area contributed by atoms with Crippen LogP contribution in [0.15, 0.2) is 71.6 Å². The molecule has 0 aliphatic rings. The maximum absolute atomic E-state index is 12.6. The van der Waals surface area contributed by atoms with E-state index in [9.17, 15) is 28.4 Å². The molecule has 0 fully saturated rings. The van der Waals surface area contributed by atoms with Crippen LogP contribution < -0.4 is 10.0 Å². The van der Waals surface area contributed by atoms with Crippen molar-refractivity contribution in [3.05, 3.63) is 82.4 Å². The number of unbranched alkanes of at least 4 members (excludes halogenated alkanes) is 2. The highest BCUT2D eigenvalue weighted by atomic mass is 32.2. The molecule has 0 bridgehead atoms. The van der Waals surface area contributed by atoms with Crippen LogP contribution in [0.25, 0.3) is 10.8 Å². The zero-order valence-electron chi connectivity index (χ0n) is 18.5. The topological polar surface area (TPSA) is 139 Å². The number of para-hydroxylation sites is 1. The number of carboxylic acid groups (broad SMARTS) is 1. The molecule has 0 spiro atoms. The van der Waals surface area contributed by atoms with E-state index in [0.29, 0.717) is 12.8 Å². The van der Waals surface area contributed by atoms with Crippen LogP contribution >= 0.6 is 0 Å². The van der Waals surface area contributed by atoms with Crippen LogP contribution in [0.5, 0.6) is 0 Å². The monoisotopic (exact) mass is 485 g/mol. The van der Waals surface area contributed by atoms with Gasteiger partial charge in [-0.15, -0.1) is 0 Å². The minimum Gasteiger partial charge on any atom is -0.480 e. The highest BCUT2D eigenvalue weighted by molar-refractivity contribution is 7.89. The molecule has 3 rings (SSSR count). The van der Waals surface area contributed by atoms with Gasteiger partial charge in [-0.2, -0.15) is 4.72 Å². The first-order valence-corrected chi connectivity index (χ1v) is 12.4. The number of nitro groups is 1. The van der Waals surface area contributed by atoms with E-state index in [2.05, 4.69) is 40.4 Å². The first-order valence-electron chi connectivity index (χ1n) is 10.9. The van der Waals surface area contributed by atoms with E-state index < -0.39 is 37.5 Å². The van der Waals surface area contributed by atoms with Crippen LogP contribution in [-0.4, -0.2) is 37.0 Å². The molecule has 34 heavy (non-hydrogen) atoms. The number of nitro benzene ring substituents is 1. The summed E-state index contributed by atoms with van der Waals surface area (Å²) in [6, 6.07) is 17.9. The summed E-state index contributed by atoms with van der Waals surface area (Å²) < 4.78 is 27.2. The number of rotatable bonds is 13. The molecule has 0 aromatic heterocycles. The van der Waals surface area contributed by atoms with Crippen molar-refractivity contribution in [1.82, 2.24) is 10.0 Å². The summed E-state index contributed by atoms with van der Waals surface area (Å²) in [5.74, 6) is -1.32. The minimum atomic E-state index is -4.36. The largest absolute Gasteiger partial charge is 0.480 e. The Balaban J connectivity index is 1.44. The second kappa shape index (κ2) is 11.7. The number of carboxylic acids is 1. The summed E-state index contributed by atoms with van der Waals surface area (Å²) >= 11 is 0. The van der Waals surface area contributed by atoms with Gasteiger partial charge in [0.1, 0.15) is 6.04 Å². The molecule has 3 aromatic rings. The summed E-state index contributed by atoms with van der Waals surface area (Å²) in [5.41, 5.74) is 0.575. The predicted molar refractivity (Wildman–Crippen MR) is 129 cm³/mol. The highest BCUT2D eigenvalue weighted by Gasteiger charge is 2.30. The van der Waals surface area contributed by atoms with Gasteiger partial charge in [0.25, 0.3) is 5.69 Å². The number of hydrogen-bond donors (Lipinski definition) is 3. The Morgan fingerprint density at radius 2 is 1.68 bits per heavy atom. The standard InChI is InChI=1S/C24H27N3O6S/c28-24(29)21(26-34(32,33)23-12-6-5-11-22(23)27(30)31)10-2-1-7-15-25-17-18-13-14-19-8-3-4-9-20(19)16-18/h3-6,8-9,11-14,16,21,25-26H,1-2,7,10,15,17H2,(H,28,29). The molecule has 3 aromatic carbocycles. The van der Waals surface area contributed by atoms with Crippen LogP contribution in [-0.2, 0) is 21.4 Å². The Labute approximate surface area is 198 Å². The lowest BCUT2D eigenvalue weighted by Crippen LogP contribution is -2.40. The Kier molecular flexibility index (Phi) is 8.69. The average molecular weight is 486 g/mol. The minimum absolute atomic E-state index is 0.0832. The first-order chi connectivity index (χ1) is 16.3. The van der Waals surface area contributed by atoms with Crippen molar-refractivity contribution in [2.24, 2.45) is 0 Å². The number of benzene rings is 3. The van der Waals surface area contributed by atoms with Crippen LogP contribution in [0, 0.1) is 10.1 Å². The Morgan fingerprint density at radius 1 is 0.971 bits per heavy atom. The summed E-state index contributed by atoms with van der Waals surface area (Å²) in [5, 5.41) is 26.3. The van der Waals surface area contributed by atoms with Gasteiger partial charge in [0.15, 0.2) is 4.90 Å². The highest BCUT2D eigenvalue weighted by Crippen LogP contribution is 2.23. The van der Waals surface area contributed by atoms with Gasteiger partial charge in [-0.05, 0) is 47.9 Å². The van der Waals surface area contributed by atoms with Crippen LogP contribution in [0.1, 0.15) is 31.2 Å². The molecular weight excluding hydrogens is 458 g/mol. The second-order valence-corrected chi connectivity index (χ2v) is 9.63. The van der Waals surface area contributed by atoms with Crippen molar-refractivity contribution in [3.63, 3.8) is 0 Å². The third-order valence-electron chi connectivity index (χ3n) is 5.44. The number of fused-ring (bicyclic) bond motifs is 1. The van der Waals surface area contributed by atoms with Crippen molar-refractivity contribution in [1.29, 1.82) is 0 Å². The number of aliphatic carboxylic acids is 1. The maximum atomic E-state index is 12.6. The normalized spacial score (nSPS) is 12.5. The fourth-order valence-electron chi connectivity index (χ4n) is 3.68. The van der Waals surface area contributed by atoms with Crippen molar-refractivity contribution < 1.29 is 23.2 Å². The van der Waals surface area contributed by atoms with Gasteiger partial charge in [0, 0.05) is 12.6 Å². The fourth-order valence-corrected chi connectivity index (χ4v) is 5.07. The molecule has 9 nitrogen and oxygen atoms in total. The number of nitrogens with zero attached hydrogens (tertiary/aromatic N) is 1. The number of hydrogen-bond acceptors (Lipinski definition) is 6. The SMILES string of the molecule is O=C(O)C(CCCCCNCc1ccc2ccccc2c1)NS(=O)(=O)c1ccccc1[N+](=O)[O-]. The molecular formula is C24H27N3O6S. The van der Waals surface area contributed by atoms with E-state index in [-0.39, 0.29) is 6.42 Å². The summed E-state index contributed by atoms with van der Waals surface area (Å²) in [6.45, 7) is 1.46. The molecule has 180 valence electrons. The molecule has 0 aliphatic carbocycles. The van der Waals surface area contributed by atoms with Gasteiger partial charge in [-0.3, -0.25) is 14.9 Å². The molecule has 0 radical (unpaired) electrons. The first kappa shape index (κ1) is 25.3. The van der Waals surface area contributed by atoms with E-state index in [1.165, 1.54) is 28.5 Å². The quantitative estimate of drug-likeness (QED) is 0.190. The average Bonchev–Trinajstić information content (AvgIpc) is 2.82. The number of sulfonamides is 1. The van der Waals surface area contributed by atoms with Gasteiger partial charge < -0.3 is 10.4 Å². The predicted octanol–water partition coefficient (Wildman–Crippen LogP) is 3.83. The van der Waals surface area contributed by atoms with Crippen molar-refractivity contribution >= 4 is 32.5 Å². The van der Waals surface area contributed by atoms with Crippen molar-refractivity contribution in [2.45, 2.75) is 43.2 Å². The van der Waals surface area contributed by atoms with Gasteiger partial charge in [-0.25, -0.2) is 8.42 Å². The molecule has 0 saturated heterocycles. The van der Waals surface area contributed by atoms with Crippen molar-refractivity contribution in [3.8, 4) is 0 Å². The molecule has 1 atom stereocenters. The number of nitrogens with one attached hydrogen (secondary N) is 2. The lowest BCUT2D eigenvalue weighted by atomic mass is 10.1. The third-order valence-corrected chi connectivity index (χ3v) is 6.96. The molecule has 0 amide bonds. The smallest absolute Gasteiger partial charge is 0.321 e. The number of carbonyl (C=O) groups is 1. The summed E-state index contributed by atoms with van der Waals surface area (Å²) in [4.78, 5) is 21.3. The van der Waals surface area contributed by atoms with Crippen molar-refractivity contribution in [2.75, 3.05) is 6.54 Å². The molecule has 0 aliphatic heterocycles. The molecule has 0 heterocycles. The van der Waals surface area contributed by atoms with E-state index in [1.807, 2.05) is 12.1 Å². The zero-order valence-corrected chi connectivity index (χ0v) is 19.3. The fraction of sp³-hybridized carbons (Fsp3) is 0.292. The van der Waals surface area contributed by atoms with Crippen LogP contribution in [0.4, 0.5) is 5.69 Å². The second-order valence-electron chi connectivity index (χ2n) is 7.94. The zero-order chi connectivity index (χ0) is 24.6. The van der Waals surface area contributed by atoms with Crippen LogP contribution in [0.3, 0.4) is 0 Å². The lowest BCUT2D eigenvalue weighted by molar-refractivity contribution is -0.387. The third kappa shape index (κ3) is 6.83. The van der Waals surface area contributed by atoms with E-state index in [1.54, 1.807) is 0 Å². The van der Waals surface area contributed by atoms with Gasteiger partial charge >= 0.3 is 5.97 Å². The summed E-state index contributed by atoms with van der Waals surface area (Å²) in [7, 11) is -4.36. The molecule has 3 N–H and O–H groups in total. The molecule has 0 saturated carbocycles. The Hall–Kier alpha value is -3.34. The van der Waals surface area contributed by atoms with E-state index in [4.69, 9.17) is 0 Å². The Bertz CT molecular complexity index is 1260. The maximum Gasteiger partial charge on any atom is 0.321 e.